The Morgan fingerprint density at radius 2 is 2.14 bits per heavy atom. The van der Waals surface area contributed by atoms with Gasteiger partial charge in [0.25, 0.3) is 5.69 Å². The van der Waals surface area contributed by atoms with E-state index in [1.807, 2.05) is 0 Å². The standard InChI is InChI=1S/C13H18N2O5S/c16-9-7-11-4-1-2-8-14(11)21(19,20)13-6-3-5-12(10-13)15(17)18/h3,5-6,10-11,16H,1-2,4,7-9H2. The van der Waals surface area contributed by atoms with Crippen molar-refractivity contribution in [2.45, 2.75) is 36.6 Å². The number of hydrogen-bond donors (Lipinski definition) is 1. The summed E-state index contributed by atoms with van der Waals surface area (Å²) >= 11 is 0. The molecule has 0 spiro atoms. The number of non-ortho nitro benzene ring substituents is 1. The van der Waals surface area contributed by atoms with Crippen LogP contribution in [0, 0.1) is 10.1 Å². The second-order valence-corrected chi connectivity index (χ2v) is 6.92. The molecular weight excluding hydrogens is 296 g/mol. The van der Waals surface area contributed by atoms with E-state index in [0.717, 1.165) is 18.9 Å². The second kappa shape index (κ2) is 6.50. The van der Waals surface area contributed by atoms with E-state index in [1.165, 1.54) is 22.5 Å². The summed E-state index contributed by atoms with van der Waals surface area (Å²) < 4.78 is 26.7. The van der Waals surface area contributed by atoms with E-state index in [0.29, 0.717) is 19.4 Å². The van der Waals surface area contributed by atoms with Crippen molar-refractivity contribution in [3.8, 4) is 0 Å². The molecule has 1 fully saturated rings. The van der Waals surface area contributed by atoms with Gasteiger partial charge in [-0.05, 0) is 25.3 Å². The smallest absolute Gasteiger partial charge is 0.270 e. The largest absolute Gasteiger partial charge is 0.396 e. The molecule has 1 N–H and O–H groups in total. The van der Waals surface area contributed by atoms with Gasteiger partial charge in [0.05, 0.1) is 9.82 Å². The van der Waals surface area contributed by atoms with Crippen LogP contribution in [0.2, 0.25) is 0 Å². The van der Waals surface area contributed by atoms with E-state index in [4.69, 9.17) is 5.11 Å². The minimum Gasteiger partial charge on any atom is -0.396 e. The lowest BCUT2D eigenvalue weighted by Gasteiger charge is -2.34. The van der Waals surface area contributed by atoms with E-state index in [2.05, 4.69) is 0 Å². The highest BCUT2D eigenvalue weighted by atomic mass is 32.2. The molecule has 1 aliphatic heterocycles. The maximum absolute atomic E-state index is 12.7. The van der Waals surface area contributed by atoms with E-state index >= 15 is 0 Å². The van der Waals surface area contributed by atoms with Crippen LogP contribution < -0.4 is 0 Å². The minimum atomic E-state index is -3.77. The highest BCUT2D eigenvalue weighted by Crippen LogP contribution is 2.28. The fraction of sp³-hybridized carbons (Fsp3) is 0.538. The molecule has 116 valence electrons. The summed E-state index contributed by atoms with van der Waals surface area (Å²) in [7, 11) is -3.77. The zero-order valence-corrected chi connectivity index (χ0v) is 12.3. The van der Waals surface area contributed by atoms with E-state index in [1.54, 1.807) is 0 Å². The summed E-state index contributed by atoms with van der Waals surface area (Å²) in [6.45, 7) is 0.307. The molecule has 0 aliphatic carbocycles. The Balaban J connectivity index is 2.35. The molecule has 8 heteroatoms. The van der Waals surface area contributed by atoms with Gasteiger partial charge < -0.3 is 5.11 Å². The fourth-order valence-corrected chi connectivity index (χ4v) is 4.38. The van der Waals surface area contributed by atoms with Gasteiger partial charge in [-0.2, -0.15) is 4.31 Å². The third kappa shape index (κ3) is 3.39. The number of piperidine rings is 1. The van der Waals surface area contributed by atoms with Crippen LogP contribution in [-0.2, 0) is 10.0 Å². The van der Waals surface area contributed by atoms with Crippen LogP contribution in [0.3, 0.4) is 0 Å². The van der Waals surface area contributed by atoms with Gasteiger partial charge in [-0.1, -0.05) is 12.5 Å². The molecule has 0 aromatic heterocycles. The highest BCUT2D eigenvalue weighted by Gasteiger charge is 2.33. The number of benzene rings is 1. The van der Waals surface area contributed by atoms with Gasteiger partial charge in [-0.25, -0.2) is 8.42 Å². The van der Waals surface area contributed by atoms with Crippen molar-refractivity contribution < 1.29 is 18.4 Å². The summed E-state index contributed by atoms with van der Waals surface area (Å²) in [6.07, 6.45) is 2.77. The lowest BCUT2D eigenvalue weighted by atomic mass is 10.0. The Morgan fingerprint density at radius 3 is 2.81 bits per heavy atom. The summed E-state index contributed by atoms with van der Waals surface area (Å²) in [5.41, 5.74) is -0.244. The van der Waals surface area contributed by atoms with E-state index in [-0.39, 0.29) is 23.2 Å². The molecule has 0 saturated carbocycles. The van der Waals surface area contributed by atoms with Gasteiger partial charge >= 0.3 is 0 Å². The zero-order chi connectivity index (χ0) is 15.5. The molecule has 1 saturated heterocycles. The second-order valence-electron chi connectivity index (χ2n) is 5.03. The average Bonchev–Trinajstić information content (AvgIpc) is 2.48. The number of nitro benzene ring substituents is 1. The quantitative estimate of drug-likeness (QED) is 0.656. The fourth-order valence-electron chi connectivity index (χ4n) is 2.62. The molecule has 0 radical (unpaired) electrons. The van der Waals surface area contributed by atoms with Gasteiger partial charge in [-0.15, -0.1) is 0 Å². The van der Waals surface area contributed by atoms with Crippen LogP contribution in [0.1, 0.15) is 25.7 Å². The monoisotopic (exact) mass is 314 g/mol. The van der Waals surface area contributed by atoms with Crippen LogP contribution in [0.15, 0.2) is 29.2 Å². The van der Waals surface area contributed by atoms with Crippen molar-refractivity contribution in [1.82, 2.24) is 4.31 Å². The number of nitro groups is 1. The molecule has 1 aliphatic rings. The molecule has 1 unspecified atom stereocenters. The summed E-state index contributed by atoms with van der Waals surface area (Å²) in [4.78, 5) is 10.1. The lowest BCUT2D eigenvalue weighted by Crippen LogP contribution is -2.44. The lowest BCUT2D eigenvalue weighted by molar-refractivity contribution is -0.385. The van der Waals surface area contributed by atoms with Gasteiger partial charge in [0.2, 0.25) is 10.0 Å². The van der Waals surface area contributed by atoms with Crippen molar-refractivity contribution in [1.29, 1.82) is 0 Å². The first kappa shape index (κ1) is 15.9. The first-order valence-corrected chi connectivity index (χ1v) is 8.28. The molecular formula is C13H18N2O5S. The van der Waals surface area contributed by atoms with Crippen molar-refractivity contribution in [3.63, 3.8) is 0 Å². The van der Waals surface area contributed by atoms with Crippen molar-refractivity contribution in [3.05, 3.63) is 34.4 Å². The average molecular weight is 314 g/mol. The van der Waals surface area contributed by atoms with Crippen LogP contribution in [-0.4, -0.2) is 41.9 Å². The van der Waals surface area contributed by atoms with Gasteiger partial charge in [0, 0.05) is 31.3 Å². The first-order valence-electron chi connectivity index (χ1n) is 6.84. The van der Waals surface area contributed by atoms with Gasteiger partial charge in [0.15, 0.2) is 0 Å². The van der Waals surface area contributed by atoms with Crippen LogP contribution >= 0.6 is 0 Å². The van der Waals surface area contributed by atoms with Crippen molar-refractivity contribution in [2.24, 2.45) is 0 Å². The normalized spacial score (nSPS) is 20.3. The molecule has 21 heavy (non-hydrogen) atoms. The summed E-state index contributed by atoms with van der Waals surface area (Å²) in [5.74, 6) is 0. The molecule has 1 atom stereocenters. The van der Waals surface area contributed by atoms with Crippen LogP contribution in [0.4, 0.5) is 5.69 Å². The minimum absolute atomic E-state index is 0.0680. The predicted molar refractivity (Wildman–Crippen MR) is 76.3 cm³/mol. The first-order chi connectivity index (χ1) is 9.96. The highest BCUT2D eigenvalue weighted by molar-refractivity contribution is 7.89. The Hall–Kier alpha value is -1.51. The number of nitrogens with zero attached hydrogens (tertiary/aromatic N) is 2. The maximum Gasteiger partial charge on any atom is 0.270 e. The Bertz CT molecular complexity index is 615. The molecule has 0 amide bonds. The number of aliphatic hydroxyl groups excluding tert-OH is 1. The van der Waals surface area contributed by atoms with Crippen LogP contribution in [0.5, 0.6) is 0 Å². The molecule has 1 aromatic rings. The van der Waals surface area contributed by atoms with Gasteiger partial charge in [0.1, 0.15) is 0 Å². The number of hydrogen-bond acceptors (Lipinski definition) is 5. The van der Waals surface area contributed by atoms with E-state index in [9.17, 15) is 18.5 Å². The molecule has 1 heterocycles. The molecule has 1 aromatic carbocycles. The summed E-state index contributed by atoms with van der Waals surface area (Å²) in [6, 6.07) is 4.84. The third-order valence-electron chi connectivity index (χ3n) is 3.67. The Labute approximate surface area is 123 Å². The zero-order valence-electron chi connectivity index (χ0n) is 11.5. The topological polar surface area (TPSA) is 101 Å². The Kier molecular flexibility index (Phi) is 4.92. The SMILES string of the molecule is O=[N+]([O-])c1cccc(S(=O)(=O)N2CCCCC2CCO)c1. The number of sulfonamides is 1. The number of rotatable bonds is 5. The molecule has 7 nitrogen and oxygen atoms in total. The third-order valence-corrected chi connectivity index (χ3v) is 5.62. The maximum atomic E-state index is 12.7. The molecule has 2 rings (SSSR count). The van der Waals surface area contributed by atoms with Crippen molar-refractivity contribution >= 4 is 15.7 Å². The van der Waals surface area contributed by atoms with Crippen LogP contribution in [0.25, 0.3) is 0 Å². The van der Waals surface area contributed by atoms with Crippen molar-refractivity contribution in [2.75, 3.05) is 13.2 Å². The molecule has 0 bridgehead atoms. The Morgan fingerprint density at radius 1 is 1.38 bits per heavy atom. The number of aliphatic hydroxyl groups is 1. The van der Waals surface area contributed by atoms with Gasteiger partial charge in [-0.3, -0.25) is 10.1 Å². The summed E-state index contributed by atoms with van der Waals surface area (Å²) in [5, 5.41) is 19.9. The van der Waals surface area contributed by atoms with E-state index < -0.39 is 14.9 Å². The predicted octanol–water partition coefficient (Wildman–Crippen LogP) is 1.52.